The number of hydrogen-bond acceptors (Lipinski definition) is 2. The predicted molar refractivity (Wildman–Crippen MR) is 82.1 cm³/mol. The molecule has 2 aromatic carbocycles. The summed E-state index contributed by atoms with van der Waals surface area (Å²) in [5, 5.41) is 2.93. The van der Waals surface area contributed by atoms with E-state index in [0.717, 1.165) is 16.7 Å². The van der Waals surface area contributed by atoms with E-state index in [1.54, 1.807) is 0 Å². The van der Waals surface area contributed by atoms with E-state index in [1.165, 1.54) is 5.56 Å². The van der Waals surface area contributed by atoms with Crippen LogP contribution in [-0.4, -0.2) is 5.91 Å². The van der Waals surface area contributed by atoms with Gasteiger partial charge in [-0.25, -0.2) is 0 Å². The number of hydrogen-bond donors (Lipinski definition) is 1. The summed E-state index contributed by atoms with van der Waals surface area (Å²) >= 11 is 5.81. The van der Waals surface area contributed by atoms with Crippen molar-refractivity contribution in [2.45, 2.75) is 25.6 Å². The molecule has 1 aliphatic rings. The molecule has 1 heterocycles. The van der Waals surface area contributed by atoms with Crippen LogP contribution in [-0.2, 0) is 30.4 Å². The smallest absolute Gasteiger partial charge is 0.251 e. The molecular weight excluding hydrogens is 286 g/mol. The number of rotatable bonds is 4. The maximum atomic E-state index is 12.2. The molecule has 3 nitrogen and oxygen atoms in total. The Hall–Kier alpha value is -1.84. The largest absolute Gasteiger partial charge is 0.372 e. The van der Waals surface area contributed by atoms with Gasteiger partial charge in [-0.1, -0.05) is 30.3 Å². The van der Waals surface area contributed by atoms with Crippen LogP contribution >= 0.6 is 11.6 Å². The van der Waals surface area contributed by atoms with Gasteiger partial charge in [0.1, 0.15) is 0 Å². The van der Waals surface area contributed by atoms with Gasteiger partial charge < -0.3 is 10.1 Å². The van der Waals surface area contributed by atoms with Gasteiger partial charge in [0.15, 0.2) is 0 Å². The summed E-state index contributed by atoms with van der Waals surface area (Å²) in [6, 6.07) is 13.6. The molecule has 3 rings (SSSR count). The molecule has 0 radical (unpaired) electrons. The van der Waals surface area contributed by atoms with Crippen molar-refractivity contribution in [3.63, 3.8) is 0 Å². The highest BCUT2D eigenvalue weighted by Gasteiger charge is 2.14. The monoisotopic (exact) mass is 301 g/mol. The van der Waals surface area contributed by atoms with Crippen LogP contribution < -0.4 is 5.32 Å². The second-order valence-corrected chi connectivity index (χ2v) is 5.38. The lowest BCUT2D eigenvalue weighted by Gasteiger charge is -2.07. The molecule has 1 aliphatic heterocycles. The maximum absolute atomic E-state index is 12.2. The van der Waals surface area contributed by atoms with Gasteiger partial charge >= 0.3 is 0 Å². The lowest BCUT2D eigenvalue weighted by atomic mass is 10.1. The zero-order valence-electron chi connectivity index (χ0n) is 11.6. The lowest BCUT2D eigenvalue weighted by Crippen LogP contribution is -2.23. The first-order valence-corrected chi connectivity index (χ1v) is 7.41. The van der Waals surface area contributed by atoms with Crippen molar-refractivity contribution in [3.05, 3.63) is 70.3 Å². The van der Waals surface area contributed by atoms with Crippen molar-refractivity contribution in [2.75, 3.05) is 0 Å². The summed E-state index contributed by atoms with van der Waals surface area (Å²) in [5.74, 6) is 0.410. The predicted octanol–water partition coefficient (Wildman–Crippen LogP) is 3.39. The van der Waals surface area contributed by atoms with Gasteiger partial charge in [0.2, 0.25) is 0 Å². The molecule has 0 saturated heterocycles. The normalized spacial score (nSPS) is 13.0. The van der Waals surface area contributed by atoms with Crippen molar-refractivity contribution in [2.24, 2.45) is 0 Å². The lowest BCUT2D eigenvalue weighted by molar-refractivity contribution is 0.0950. The maximum Gasteiger partial charge on any atom is 0.251 e. The van der Waals surface area contributed by atoms with Crippen LogP contribution in [0.15, 0.2) is 42.5 Å². The Labute approximate surface area is 128 Å². The minimum atomic E-state index is -0.0685. The summed E-state index contributed by atoms with van der Waals surface area (Å²) in [6.07, 6.45) is 0. The zero-order chi connectivity index (χ0) is 14.7. The van der Waals surface area contributed by atoms with Crippen LogP contribution in [0.2, 0.25) is 0 Å². The van der Waals surface area contributed by atoms with E-state index >= 15 is 0 Å². The minimum Gasteiger partial charge on any atom is -0.372 e. The van der Waals surface area contributed by atoms with Crippen molar-refractivity contribution in [1.82, 2.24) is 5.32 Å². The number of carbonyl (C=O) groups is 1. The number of benzene rings is 2. The van der Waals surface area contributed by atoms with Crippen LogP contribution in [0.5, 0.6) is 0 Å². The number of carbonyl (C=O) groups excluding carboxylic acids is 1. The fraction of sp³-hybridized carbons (Fsp3) is 0.235. The third-order valence-corrected chi connectivity index (χ3v) is 3.89. The highest BCUT2D eigenvalue weighted by molar-refractivity contribution is 6.17. The Morgan fingerprint density at radius 1 is 1.10 bits per heavy atom. The van der Waals surface area contributed by atoms with E-state index < -0.39 is 0 Å². The minimum absolute atomic E-state index is 0.0685. The number of amides is 1. The molecule has 0 bridgehead atoms. The molecule has 0 aromatic heterocycles. The van der Waals surface area contributed by atoms with E-state index in [2.05, 4.69) is 5.32 Å². The van der Waals surface area contributed by atoms with Gasteiger partial charge in [-0.3, -0.25) is 4.79 Å². The van der Waals surface area contributed by atoms with Gasteiger partial charge in [-0.05, 0) is 34.4 Å². The topological polar surface area (TPSA) is 38.3 Å². The molecule has 1 amide bonds. The summed E-state index contributed by atoms with van der Waals surface area (Å²) in [6.45, 7) is 1.73. The Morgan fingerprint density at radius 2 is 1.90 bits per heavy atom. The second-order valence-electron chi connectivity index (χ2n) is 5.11. The summed E-state index contributed by atoms with van der Waals surface area (Å²) in [4.78, 5) is 12.2. The molecule has 0 atom stereocenters. The van der Waals surface area contributed by atoms with E-state index in [4.69, 9.17) is 16.3 Å². The van der Waals surface area contributed by atoms with Crippen LogP contribution in [0.1, 0.15) is 32.6 Å². The van der Waals surface area contributed by atoms with Crippen LogP contribution in [0.3, 0.4) is 0 Å². The summed E-state index contributed by atoms with van der Waals surface area (Å²) < 4.78 is 5.36. The van der Waals surface area contributed by atoms with Crippen LogP contribution in [0.4, 0.5) is 0 Å². The molecule has 2 aromatic rings. The van der Waals surface area contributed by atoms with Crippen molar-refractivity contribution in [1.29, 1.82) is 0 Å². The van der Waals surface area contributed by atoms with Gasteiger partial charge in [-0.2, -0.15) is 0 Å². The molecule has 0 aliphatic carbocycles. The molecular formula is C17H16ClNO2. The number of fused-ring (bicyclic) bond motifs is 1. The Morgan fingerprint density at radius 3 is 2.76 bits per heavy atom. The fourth-order valence-electron chi connectivity index (χ4n) is 2.42. The van der Waals surface area contributed by atoms with Crippen molar-refractivity contribution in [3.8, 4) is 0 Å². The Bertz CT molecular complexity index is 670. The third kappa shape index (κ3) is 3.26. The van der Waals surface area contributed by atoms with Gasteiger partial charge in [0, 0.05) is 18.0 Å². The number of nitrogens with one attached hydrogen (secondary N) is 1. The Kier molecular flexibility index (Phi) is 4.23. The molecule has 0 unspecified atom stereocenters. The zero-order valence-corrected chi connectivity index (χ0v) is 12.3. The van der Waals surface area contributed by atoms with Crippen molar-refractivity contribution < 1.29 is 9.53 Å². The SMILES string of the molecule is O=C(NCc1cccc(CCl)c1)c1ccc2c(c1)COC2. The van der Waals surface area contributed by atoms with E-state index in [1.807, 2.05) is 42.5 Å². The van der Waals surface area contributed by atoms with Gasteiger partial charge in [0.05, 0.1) is 13.2 Å². The van der Waals surface area contributed by atoms with E-state index in [9.17, 15) is 4.79 Å². The molecule has 108 valence electrons. The van der Waals surface area contributed by atoms with Crippen molar-refractivity contribution >= 4 is 17.5 Å². The molecule has 21 heavy (non-hydrogen) atoms. The fourth-order valence-corrected chi connectivity index (χ4v) is 2.59. The first-order chi connectivity index (χ1) is 10.3. The van der Waals surface area contributed by atoms with E-state index in [0.29, 0.717) is 31.2 Å². The third-order valence-electron chi connectivity index (χ3n) is 3.58. The van der Waals surface area contributed by atoms with E-state index in [-0.39, 0.29) is 5.91 Å². The first kappa shape index (κ1) is 14.1. The molecule has 0 fully saturated rings. The van der Waals surface area contributed by atoms with Crippen LogP contribution in [0, 0.1) is 0 Å². The second kappa shape index (κ2) is 6.29. The van der Waals surface area contributed by atoms with Crippen LogP contribution in [0.25, 0.3) is 0 Å². The molecule has 4 heteroatoms. The molecule has 0 saturated carbocycles. The average Bonchev–Trinajstić information content (AvgIpc) is 3.00. The Balaban J connectivity index is 1.66. The number of ether oxygens (including phenoxy) is 1. The highest BCUT2D eigenvalue weighted by atomic mass is 35.5. The van der Waals surface area contributed by atoms with Gasteiger partial charge in [0.25, 0.3) is 5.91 Å². The quantitative estimate of drug-likeness (QED) is 0.879. The molecule has 0 spiro atoms. The van der Waals surface area contributed by atoms with Gasteiger partial charge in [-0.15, -0.1) is 11.6 Å². The average molecular weight is 302 g/mol. The number of halogens is 1. The molecule has 1 N–H and O–H groups in total. The first-order valence-electron chi connectivity index (χ1n) is 6.88. The number of alkyl halides is 1. The summed E-state index contributed by atoms with van der Waals surface area (Å²) in [7, 11) is 0. The standard InChI is InChI=1S/C17H16ClNO2/c18-8-12-2-1-3-13(6-12)9-19-17(20)14-4-5-15-10-21-11-16(15)7-14/h1-7H,8-11H2,(H,19,20). The summed E-state index contributed by atoms with van der Waals surface area (Å²) in [5.41, 5.74) is 5.05. The highest BCUT2D eigenvalue weighted by Crippen LogP contribution is 2.20.